The monoisotopic (exact) mass is 180 g/mol. The van der Waals surface area contributed by atoms with Gasteiger partial charge < -0.3 is 4.90 Å². The summed E-state index contributed by atoms with van der Waals surface area (Å²) in [6, 6.07) is 1.90. The molecule has 72 valence electrons. The van der Waals surface area contributed by atoms with Gasteiger partial charge in [-0.05, 0) is 5.92 Å². The fourth-order valence-corrected chi connectivity index (χ4v) is 1.66. The minimum Gasteiger partial charge on any atom is -0.302 e. The van der Waals surface area contributed by atoms with Gasteiger partial charge in [-0.2, -0.15) is 5.26 Å². The Kier molecular flexibility index (Phi) is 3.44. The molecule has 0 aromatic heterocycles. The fourth-order valence-electron chi connectivity index (χ4n) is 1.66. The van der Waals surface area contributed by atoms with E-state index in [1.165, 1.54) is 0 Å². The molecule has 13 heavy (non-hydrogen) atoms. The van der Waals surface area contributed by atoms with Crippen LogP contribution in [0, 0.1) is 23.2 Å². The van der Waals surface area contributed by atoms with Gasteiger partial charge in [-0.3, -0.25) is 4.79 Å². The second-order valence-corrected chi connectivity index (χ2v) is 4.11. The molecule has 0 spiro atoms. The number of carbonyl (C=O) groups is 1. The van der Waals surface area contributed by atoms with Crippen molar-refractivity contribution >= 4 is 5.78 Å². The molecule has 0 aromatic rings. The molecule has 1 aliphatic rings. The summed E-state index contributed by atoms with van der Waals surface area (Å²) in [6.45, 7) is 7.13. The van der Waals surface area contributed by atoms with E-state index in [0.29, 0.717) is 5.92 Å². The molecule has 1 heterocycles. The number of carbonyl (C=O) groups excluding carboxylic acids is 1. The Morgan fingerprint density at radius 1 is 1.62 bits per heavy atom. The summed E-state index contributed by atoms with van der Waals surface area (Å²) in [6.07, 6.45) is 0.0835. The predicted octanol–water partition coefficient (Wildman–Crippen LogP) is 1.06. The van der Waals surface area contributed by atoms with Crippen LogP contribution in [0.5, 0.6) is 0 Å². The van der Waals surface area contributed by atoms with Gasteiger partial charge in [0, 0.05) is 25.6 Å². The molecule has 0 aromatic carbocycles. The Morgan fingerprint density at radius 3 is 2.69 bits per heavy atom. The van der Waals surface area contributed by atoms with Gasteiger partial charge in [-0.15, -0.1) is 0 Å². The van der Waals surface area contributed by atoms with E-state index in [2.05, 4.69) is 18.7 Å². The fraction of sp³-hybridized carbons (Fsp3) is 0.800. The number of hydrogen-bond acceptors (Lipinski definition) is 3. The summed E-state index contributed by atoms with van der Waals surface area (Å²) < 4.78 is 0. The third kappa shape index (κ3) is 2.82. The number of likely N-dealkylation sites (tertiary alicyclic amines) is 1. The van der Waals surface area contributed by atoms with Crippen LogP contribution >= 0.6 is 0 Å². The van der Waals surface area contributed by atoms with Gasteiger partial charge in [0.15, 0.2) is 5.78 Å². The average Bonchev–Trinajstić information content (AvgIpc) is 1.95. The van der Waals surface area contributed by atoms with Crippen LogP contribution in [0.4, 0.5) is 0 Å². The lowest BCUT2D eigenvalue weighted by Gasteiger charge is -2.39. The number of ketones is 1. The van der Waals surface area contributed by atoms with Crippen LogP contribution in [0.2, 0.25) is 0 Å². The molecule has 0 bridgehead atoms. The molecule has 1 saturated heterocycles. The standard InChI is InChI=1S/C10H16N2O/c1-8(2)5-12-6-9(7-12)10(13)3-4-11/h8-9H,3,5-7H2,1-2H3. The number of hydrogen-bond donors (Lipinski definition) is 0. The quantitative estimate of drug-likeness (QED) is 0.649. The van der Waals surface area contributed by atoms with Gasteiger partial charge in [-0.1, -0.05) is 13.8 Å². The molecule has 0 amide bonds. The molecule has 1 aliphatic heterocycles. The van der Waals surface area contributed by atoms with Crippen molar-refractivity contribution in [1.29, 1.82) is 5.26 Å². The molecule has 1 rings (SSSR count). The Morgan fingerprint density at radius 2 is 2.23 bits per heavy atom. The van der Waals surface area contributed by atoms with Gasteiger partial charge >= 0.3 is 0 Å². The highest BCUT2D eigenvalue weighted by Crippen LogP contribution is 2.18. The molecule has 0 atom stereocenters. The van der Waals surface area contributed by atoms with E-state index in [1.54, 1.807) is 0 Å². The number of rotatable bonds is 4. The lowest BCUT2D eigenvalue weighted by molar-refractivity contribution is -0.127. The van der Waals surface area contributed by atoms with E-state index in [-0.39, 0.29) is 18.1 Å². The lowest BCUT2D eigenvalue weighted by Crippen LogP contribution is -2.51. The maximum atomic E-state index is 11.2. The lowest BCUT2D eigenvalue weighted by atomic mass is 9.93. The zero-order valence-corrected chi connectivity index (χ0v) is 8.29. The molecule has 0 aliphatic carbocycles. The highest BCUT2D eigenvalue weighted by Gasteiger charge is 2.31. The first-order valence-corrected chi connectivity index (χ1v) is 4.75. The first-order valence-electron chi connectivity index (χ1n) is 4.75. The zero-order chi connectivity index (χ0) is 9.84. The third-order valence-corrected chi connectivity index (χ3v) is 2.29. The van der Waals surface area contributed by atoms with Gasteiger partial charge in [0.25, 0.3) is 0 Å². The number of Topliss-reactive ketones (excluding diaryl/α,β-unsaturated/α-hetero) is 1. The normalized spacial score (nSPS) is 18.3. The minimum absolute atomic E-state index is 0.0835. The van der Waals surface area contributed by atoms with Crippen LogP contribution < -0.4 is 0 Å². The van der Waals surface area contributed by atoms with Crippen LogP contribution in [0.1, 0.15) is 20.3 Å². The van der Waals surface area contributed by atoms with Crippen LogP contribution in [0.3, 0.4) is 0 Å². The van der Waals surface area contributed by atoms with Gasteiger partial charge in [0.2, 0.25) is 0 Å². The van der Waals surface area contributed by atoms with Crippen LogP contribution in [0.15, 0.2) is 0 Å². The summed E-state index contributed by atoms with van der Waals surface area (Å²) in [5, 5.41) is 8.33. The first kappa shape index (κ1) is 10.2. The van der Waals surface area contributed by atoms with E-state index in [4.69, 9.17) is 5.26 Å². The van der Waals surface area contributed by atoms with Crippen molar-refractivity contribution in [2.45, 2.75) is 20.3 Å². The van der Waals surface area contributed by atoms with E-state index < -0.39 is 0 Å². The summed E-state index contributed by atoms with van der Waals surface area (Å²) in [4.78, 5) is 13.5. The molecule has 1 fully saturated rings. The van der Waals surface area contributed by atoms with Crippen LogP contribution in [0.25, 0.3) is 0 Å². The van der Waals surface area contributed by atoms with Crippen molar-refractivity contribution in [3.8, 4) is 6.07 Å². The summed E-state index contributed by atoms with van der Waals surface area (Å²) >= 11 is 0. The van der Waals surface area contributed by atoms with Crippen LogP contribution in [-0.2, 0) is 4.79 Å². The maximum absolute atomic E-state index is 11.2. The second kappa shape index (κ2) is 4.38. The summed E-state index contributed by atoms with van der Waals surface area (Å²) in [5.74, 6) is 0.910. The van der Waals surface area contributed by atoms with Crippen molar-refractivity contribution in [2.75, 3.05) is 19.6 Å². The van der Waals surface area contributed by atoms with Gasteiger partial charge in [0.05, 0.1) is 12.5 Å². The smallest absolute Gasteiger partial charge is 0.152 e. The molecule has 0 N–H and O–H groups in total. The van der Waals surface area contributed by atoms with Crippen molar-refractivity contribution in [2.24, 2.45) is 11.8 Å². The Hall–Kier alpha value is -0.880. The highest BCUT2D eigenvalue weighted by atomic mass is 16.1. The molecular formula is C10H16N2O. The zero-order valence-electron chi connectivity index (χ0n) is 8.29. The maximum Gasteiger partial charge on any atom is 0.152 e. The van der Waals surface area contributed by atoms with Crippen molar-refractivity contribution in [3.05, 3.63) is 0 Å². The van der Waals surface area contributed by atoms with Crippen molar-refractivity contribution in [3.63, 3.8) is 0 Å². The third-order valence-electron chi connectivity index (χ3n) is 2.29. The number of nitrogens with zero attached hydrogens (tertiary/aromatic N) is 2. The highest BCUT2D eigenvalue weighted by molar-refractivity contribution is 5.84. The Bertz CT molecular complexity index is 224. The SMILES string of the molecule is CC(C)CN1CC(C(=O)CC#N)C1. The molecule has 3 heteroatoms. The molecule has 0 unspecified atom stereocenters. The summed E-state index contributed by atoms with van der Waals surface area (Å²) in [5.41, 5.74) is 0. The average molecular weight is 180 g/mol. The molecule has 0 saturated carbocycles. The van der Waals surface area contributed by atoms with E-state index >= 15 is 0 Å². The van der Waals surface area contributed by atoms with E-state index in [9.17, 15) is 4.79 Å². The number of nitriles is 1. The van der Waals surface area contributed by atoms with Gasteiger partial charge in [-0.25, -0.2) is 0 Å². The first-order chi connectivity index (χ1) is 6.13. The molecule has 0 radical (unpaired) electrons. The van der Waals surface area contributed by atoms with E-state index in [1.807, 2.05) is 6.07 Å². The molecule has 3 nitrogen and oxygen atoms in total. The van der Waals surface area contributed by atoms with Crippen molar-refractivity contribution in [1.82, 2.24) is 4.90 Å². The predicted molar refractivity (Wildman–Crippen MR) is 50.0 cm³/mol. The minimum atomic E-state index is 0.0835. The largest absolute Gasteiger partial charge is 0.302 e. The summed E-state index contributed by atoms with van der Waals surface area (Å²) in [7, 11) is 0. The Labute approximate surface area is 79.3 Å². The molecular weight excluding hydrogens is 164 g/mol. The van der Waals surface area contributed by atoms with E-state index in [0.717, 1.165) is 19.6 Å². The van der Waals surface area contributed by atoms with Gasteiger partial charge in [0.1, 0.15) is 0 Å². The van der Waals surface area contributed by atoms with Crippen LogP contribution in [-0.4, -0.2) is 30.3 Å². The van der Waals surface area contributed by atoms with Crippen molar-refractivity contribution < 1.29 is 4.79 Å². The topological polar surface area (TPSA) is 44.1 Å². The second-order valence-electron chi connectivity index (χ2n) is 4.11. The Balaban J connectivity index is 2.18.